The Bertz CT molecular complexity index is 263. The Labute approximate surface area is 145 Å². The van der Waals surface area contributed by atoms with Crippen molar-refractivity contribution < 1.29 is 4.39 Å². The summed E-state index contributed by atoms with van der Waals surface area (Å²) in [5.41, 5.74) is -0.957. The normalized spacial score (nSPS) is 22.8. The van der Waals surface area contributed by atoms with Crippen molar-refractivity contribution in [1.29, 1.82) is 0 Å². The lowest BCUT2D eigenvalue weighted by molar-refractivity contribution is 0.0289. The van der Waals surface area contributed by atoms with Crippen molar-refractivity contribution >= 4 is 0 Å². The summed E-state index contributed by atoms with van der Waals surface area (Å²) < 4.78 is 14.4. The van der Waals surface area contributed by atoms with E-state index < -0.39 is 5.67 Å². The Balaban J connectivity index is 2.37. The van der Waals surface area contributed by atoms with E-state index in [-0.39, 0.29) is 0 Å². The van der Waals surface area contributed by atoms with Crippen LogP contribution in [0.4, 0.5) is 4.39 Å². The summed E-state index contributed by atoms with van der Waals surface area (Å²) in [5.74, 6) is 0. The molecule has 1 unspecified atom stereocenters. The molecule has 0 aromatic carbocycles. The molecule has 0 saturated carbocycles. The van der Waals surface area contributed by atoms with E-state index in [1.807, 2.05) is 0 Å². The van der Waals surface area contributed by atoms with Gasteiger partial charge < -0.3 is 0 Å². The zero-order valence-electron chi connectivity index (χ0n) is 16.2. The third-order valence-corrected chi connectivity index (χ3v) is 5.47. The number of rotatable bonds is 13. The molecule has 0 aromatic heterocycles. The monoisotopic (exact) mass is 327 g/mol. The molecule has 1 aliphatic heterocycles. The van der Waals surface area contributed by atoms with Gasteiger partial charge in [-0.05, 0) is 39.2 Å². The predicted molar refractivity (Wildman–Crippen MR) is 101 cm³/mol. The maximum atomic E-state index is 14.4. The lowest BCUT2D eigenvalue weighted by atomic mass is 9.92. The molecule has 1 fully saturated rings. The molecule has 0 aromatic rings. The Kier molecular flexibility index (Phi) is 11.2. The number of likely N-dealkylation sites (tertiary alicyclic amines) is 1. The zero-order valence-corrected chi connectivity index (χ0v) is 16.2. The summed E-state index contributed by atoms with van der Waals surface area (Å²) in [5, 5.41) is 0. The van der Waals surface area contributed by atoms with Gasteiger partial charge >= 0.3 is 0 Å². The highest BCUT2D eigenvalue weighted by molar-refractivity contribution is 4.87. The maximum Gasteiger partial charge on any atom is 0.120 e. The minimum atomic E-state index is -0.957. The first-order valence-electron chi connectivity index (χ1n) is 10.5. The fraction of sp³-hybridized carbons (Fsp3) is 1.00. The van der Waals surface area contributed by atoms with Crippen LogP contribution in [0.25, 0.3) is 0 Å². The minimum Gasteiger partial charge on any atom is -0.297 e. The van der Waals surface area contributed by atoms with E-state index in [1.54, 1.807) is 6.92 Å². The van der Waals surface area contributed by atoms with Crippen LogP contribution < -0.4 is 0 Å². The second kappa shape index (κ2) is 12.3. The molecule has 2 heteroatoms. The molecule has 0 radical (unpaired) electrons. The number of hydrogen-bond acceptors (Lipinski definition) is 1. The maximum absolute atomic E-state index is 14.4. The molecular weight excluding hydrogens is 285 g/mol. The van der Waals surface area contributed by atoms with E-state index in [9.17, 15) is 4.39 Å². The number of alkyl halides is 1. The Morgan fingerprint density at radius 1 is 0.870 bits per heavy atom. The van der Waals surface area contributed by atoms with Gasteiger partial charge in [0.25, 0.3) is 0 Å². The number of unbranched alkanes of at least 4 members (excludes halogenated alkanes) is 8. The highest BCUT2D eigenvalue weighted by atomic mass is 19.1. The summed E-state index contributed by atoms with van der Waals surface area (Å²) in [6.07, 6.45) is 17.9. The molecule has 0 amide bonds. The first-order valence-corrected chi connectivity index (χ1v) is 10.5. The van der Waals surface area contributed by atoms with Crippen LogP contribution in [0.2, 0.25) is 0 Å². The first kappa shape index (κ1) is 20.9. The molecule has 138 valence electrons. The Morgan fingerprint density at radius 2 is 1.39 bits per heavy atom. The van der Waals surface area contributed by atoms with Gasteiger partial charge in [-0.15, -0.1) is 0 Å². The number of halogens is 1. The molecule has 0 aliphatic carbocycles. The Morgan fingerprint density at radius 3 is 1.87 bits per heavy atom. The molecule has 23 heavy (non-hydrogen) atoms. The van der Waals surface area contributed by atoms with Crippen LogP contribution in [-0.4, -0.2) is 29.7 Å². The fourth-order valence-corrected chi connectivity index (χ4v) is 4.02. The van der Waals surface area contributed by atoms with Crippen LogP contribution in [0.1, 0.15) is 111 Å². The van der Waals surface area contributed by atoms with Crippen LogP contribution in [-0.2, 0) is 0 Å². The Hall–Kier alpha value is -0.110. The second-order valence-corrected chi connectivity index (χ2v) is 8.05. The van der Waals surface area contributed by atoms with Crippen molar-refractivity contribution in [3.05, 3.63) is 0 Å². The summed E-state index contributed by atoms with van der Waals surface area (Å²) in [6.45, 7) is 8.14. The van der Waals surface area contributed by atoms with Crippen molar-refractivity contribution in [3.63, 3.8) is 0 Å². The van der Waals surface area contributed by atoms with Crippen molar-refractivity contribution in [1.82, 2.24) is 4.90 Å². The minimum absolute atomic E-state index is 0.633. The molecule has 1 aliphatic rings. The summed E-state index contributed by atoms with van der Waals surface area (Å²) in [4.78, 5) is 2.49. The summed E-state index contributed by atoms with van der Waals surface area (Å²) in [6, 6.07) is 0.633. The molecular formula is C21H42FN. The van der Waals surface area contributed by atoms with Gasteiger partial charge in [0.05, 0.1) is 0 Å². The van der Waals surface area contributed by atoms with Gasteiger partial charge in [0.1, 0.15) is 5.67 Å². The van der Waals surface area contributed by atoms with Crippen molar-refractivity contribution in [2.24, 2.45) is 0 Å². The average Bonchev–Trinajstić information content (AvgIpc) is 2.51. The van der Waals surface area contributed by atoms with Crippen LogP contribution >= 0.6 is 0 Å². The van der Waals surface area contributed by atoms with Gasteiger partial charge in [-0.2, -0.15) is 0 Å². The van der Waals surface area contributed by atoms with E-state index in [1.165, 1.54) is 77.0 Å². The molecule has 1 rings (SSSR count). The molecule has 1 nitrogen and oxygen atoms in total. The van der Waals surface area contributed by atoms with Gasteiger partial charge in [0.2, 0.25) is 0 Å². The first-order chi connectivity index (χ1) is 11.1. The number of piperidine rings is 1. The summed E-state index contributed by atoms with van der Waals surface area (Å²) >= 11 is 0. The lowest BCUT2D eigenvalue weighted by Gasteiger charge is -2.40. The molecule has 0 N–H and O–H groups in total. The van der Waals surface area contributed by atoms with E-state index in [2.05, 4.69) is 18.7 Å². The molecule has 1 heterocycles. The van der Waals surface area contributed by atoms with E-state index in [0.717, 1.165) is 19.4 Å². The third-order valence-electron chi connectivity index (χ3n) is 5.47. The fourth-order valence-electron chi connectivity index (χ4n) is 4.02. The molecule has 1 saturated heterocycles. The lowest BCUT2D eigenvalue weighted by Crippen LogP contribution is -2.48. The van der Waals surface area contributed by atoms with Crippen LogP contribution in [0.5, 0.6) is 0 Å². The highest BCUT2D eigenvalue weighted by Crippen LogP contribution is 2.29. The third kappa shape index (κ3) is 9.69. The highest BCUT2D eigenvalue weighted by Gasteiger charge is 2.33. The number of hydrogen-bond donors (Lipinski definition) is 0. The SMILES string of the molecule is CCCCCCCC(CCCCCCC)N1CCCC(C)(F)C1. The molecule has 1 atom stereocenters. The second-order valence-electron chi connectivity index (χ2n) is 8.05. The van der Waals surface area contributed by atoms with Crippen LogP contribution in [0, 0.1) is 0 Å². The smallest absolute Gasteiger partial charge is 0.120 e. The summed E-state index contributed by atoms with van der Waals surface area (Å²) in [7, 11) is 0. The topological polar surface area (TPSA) is 3.24 Å². The largest absolute Gasteiger partial charge is 0.297 e. The molecule has 0 bridgehead atoms. The molecule has 0 spiro atoms. The van der Waals surface area contributed by atoms with Crippen LogP contribution in [0.3, 0.4) is 0 Å². The van der Waals surface area contributed by atoms with E-state index in [0.29, 0.717) is 12.6 Å². The van der Waals surface area contributed by atoms with Crippen molar-refractivity contribution in [2.75, 3.05) is 13.1 Å². The van der Waals surface area contributed by atoms with Crippen molar-refractivity contribution in [3.8, 4) is 0 Å². The van der Waals surface area contributed by atoms with Gasteiger partial charge in [-0.1, -0.05) is 78.1 Å². The van der Waals surface area contributed by atoms with Gasteiger partial charge in [0, 0.05) is 12.6 Å². The average molecular weight is 328 g/mol. The van der Waals surface area contributed by atoms with E-state index in [4.69, 9.17) is 0 Å². The number of nitrogens with zero attached hydrogens (tertiary/aromatic N) is 1. The van der Waals surface area contributed by atoms with Gasteiger partial charge in [-0.3, -0.25) is 4.90 Å². The predicted octanol–water partition coefficient (Wildman–Crippen LogP) is 6.90. The van der Waals surface area contributed by atoms with Crippen molar-refractivity contribution in [2.45, 2.75) is 122 Å². The van der Waals surface area contributed by atoms with E-state index >= 15 is 0 Å². The van der Waals surface area contributed by atoms with Crippen LogP contribution in [0.15, 0.2) is 0 Å². The van der Waals surface area contributed by atoms with Gasteiger partial charge in [-0.25, -0.2) is 4.39 Å². The zero-order chi connectivity index (χ0) is 17.0. The van der Waals surface area contributed by atoms with Gasteiger partial charge in [0.15, 0.2) is 0 Å². The quantitative estimate of drug-likeness (QED) is 0.332. The standard InChI is InChI=1S/C21H42FN/c1-4-6-8-10-12-15-20(16-13-11-9-7-5-2)23-18-14-17-21(3,22)19-23/h20H,4-19H2,1-3H3.